The normalized spacial score (nSPS) is 11.2. The number of nitrogens with two attached hydrogens (primary N) is 1. The predicted octanol–water partition coefficient (Wildman–Crippen LogP) is 1.95. The Morgan fingerprint density at radius 1 is 1.20 bits per heavy atom. The highest BCUT2D eigenvalue weighted by molar-refractivity contribution is 7.80. The smallest absolute Gasteiger partial charge is 0.184 e. The Balaban J connectivity index is 2.24. The molecule has 3 N–H and O–H groups in total. The van der Waals surface area contributed by atoms with Gasteiger partial charge in [0.2, 0.25) is 0 Å². The number of aromatic nitrogens is 2. The molecule has 0 unspecified atom stereocenters. The lowest BCUT2D eigenvalue weighted by Crippen LogP contribution is -2.24. The number of rotatable bonds is 2. The molecule has 0 fully saturated rings. The van der Waals surface area contributed by atoms with Gasteiger partial charge in [-0.1, -0.05) is 18.2 Å². The van der Waals surface area contributed by atoms with E-state index in [0.717, 1.165) is 27.5 Å². The standard InChI is InChI=1S/C14H11N5S/c15-14(20)19-17-8-12-10-5-3-7-16-13(10)9-4-1-2-6-11(9)18-12/h1-8H,(H3,15,19,20)/b17-8+. The third kappa shape index (κ3) is 2.28. The average molecular weight is 281 g/mol. The van der Waals surface area contributed by atoms with Crippen LogP contribution in [0.4, 0.5) is 0 Å². The fourth-order valence-electron chi connectivity index (χ4n) is 2.04. The summed E-state index contributed by atoms with van der Waals surface area (Å²) in [5.41, 5.74) is 10.3. The van der Waals surface area contributed by atoms with Gasteiger partial charge in [-0.2, -0.15) is 5.10 Å². The van der Waals surface area contributed by atoms with Gasteiger partial charge in [0.1, 0.15) is 0 Å². The molecule has 0 radical (unpaired) electrons. The summed E-state index contributed by atoms with van der Waals surface area (Å²) in [6.45, 7) is 0. The Hall–Kier alpha value is -2.60. The van der Waals surface area contributed by atoms with E-state index in [1.54, 1.807) is 12.4 Å². The van der Waals surface area contributed by atoms with Gasteiger partial charge in [-0.15, -0.1) is 0 Å². The first-order valence-corrected chi connectivity index (χ1v) is 6.38. The first-order chi connectivity index (χ1) is 9.75. The van der Waals surface area contributed by atoms with Crippen molar-refractivity contribution in [3.05, 3.63) is 48.3 Å². The van der Waals surface area contributed by atoms with Gasteiger partial charge in [-0.05, 0) is 30.4 Å². The van der Waals surface area contributed by atoms with Crippen molar-refractivity contribution in [3.63, 3.8) is 0 Å². The molecule has 2 aromatic heterocycles. The largest absolute Gasteiger partial charge is 0.375 e. The van der Waals surface area contributed by atoms with Crippen LogP contribution >= 0.6 is 12.2 Å². The fourth-order valence-corrected chi connectivity index (χ4v) is 2.10. The van der Waals surface area contributed by atoms with Crippen LogP contribution in [-0.2, 0) is 0 Å². The SMILES string of the molecule is NC(=S)N/N=C/c1nc2ccccc2c2ncccc12. The van der Waals surface area contributed by atoms with Gasteiger partial charge < -0.3 is 5.73 Å². The van der Waals surface area contributed by atoms with Crippen LogP contribution in [0.1, 0.15) is 5.69 Å². The monoisotopic (exact) mass is 281 g/mol. The lowest BCUT2D eigenvalue weighted by Gasteiger charge is -2.05. The number of thiocarbonyl (C=S) groups is 1. The van der Waals surface area contributed by atoms with Gasteiger partial charge in [0.25, 0.3) is 0 Å². The van der Waals surface area contributed by atoms with Crippen LogP contribution in [0, 0.1) is 0 Å². The van der Waals surface area contributed by atoms with Crippen molar-refractivity contribution >= 4 is 45.4 Å². The second-order valence-corrected chi connectivity index (χ2v) is 4.59. The van der Waals surface area contributed by atoms with Crippen LogP contribution in [0.2, 0.25) is 0 Å². The van der Waals surface area contributed by atoms with E-state index in [9.17, 15) is 0 Å². The van der Waals surface area contributed by atoms with E-state index < -0.39 is 0 Å². The van der Waals surface area contributed by atoms with Gasteiger partial charge in [0, 0.05) is 17.0 Å². The Labute approximate surface area is 120 Å². The lowest BCUT2D eigenvalue weighted by atomic mass is 10.1. The van der Waals surface area contributed by atoms with E-state index >= 15 is 0 Å². The molecule has 3 aromatic rings. The minimum absolute atomic E-state index is 0.115. The average Bonchev–Trinajstić information content (AvgIpc) is 2.47. The summed E-state index contributed by atoms with van der Waals surface area (Å²) >= 11 is 4.70. The highest BCUT2D eigenvalue weighted by Crippen LogP contribution is 2.23. The van der Waals surface area contributed by atoms with Crippen molar-refractivity contribution in [3.8, 4) is 0 Å². The molecule has 6 heteroatoms. The number of nitrogens with zero attached hydrogens (tertiary/aromatic N) is 3. The van der Waals surface area contributed by atoms with Gasteiger partial charge in [-0.3, -0.25) is 10.4 Å². The summed E-state index contributed by atoms with van der Waals surface area (Å²) in [7, 11) is 0. The van der Waals surface area contributed by atoms with Crippen molar-refractivity contribution in [1.82, 2.24) is 15.4 Å². The molecule has 0 saturated heterocycles. The summed E-state index contributed by atoms with van der Waals surface area (Å²) in [5, 5.41) is 6.03. The van der Waals surface area contributed by atoms with Crippen molar-refractivity contribution < 1.29 is 0 Å². The summed E-state index contributed by atoms with van der Waals surface area (Å²) in [6, 6.07) is 11.7. The number of pyridine rings is 2. The molecular formula is C14H11N5S. The molecule has 20 heavy (non-hydrogen) atoms. The summed E-state index contributed by atoms with van der Waals surface area (Å²) in [5.74, 6) is 0. The number of hydrogen-bond donors (Lipinski definition) is 2. The maximum atomic E-state index is 5.33. The molecule has 0 aliphatic heterocycles. The number of hydrazone groups is 1. The van der Waals surface area contributed by atoms with Crippen LogP contribution in [0.25, 0.3) is 21.8 Å². The summed E-state index contributed by atoms with van der Waals surface area (Å²) in [6.07, 6.45) is 3.36. The molecule has 3 rings (SSSR count). The third-order valence-electron chi connectivity index (χ3n) is 2.85. The minimum atomic E-state index is 0.115. The van der Waals surface area contributed by atoms with Crippen molar-refractivity contribution in [1.29, 1.82) is 0 Å². The molecule has 0 amide bonds. The molecule has 1 aromatic carbocycles. The molecule has 0 saturated carbocycles. The maximum Gasteiger partial charge on any atom is 0.184 e. The van der Waals surface area contributed by atoms with Crippen LogP contribution in [-0.4, -0.2) is 21.3 Å². The topological polar surface area (TPSA) is 76.2 Å². The molecule has 0 bridgehead atoms. The highest BCUT2D eigenvalue weighted by atomic mass is 32.1. The zero-order chi connectivity index (χ0) is 13.9. The maximum absolute atomic E-state index is 5.33. The fraction of sp³-hybridized carbons (Fsp3) is 0. The molecular weight excluding hydrogens is 270 g/mol. The van der Waals surface area contributed by atoms with Gasteiger partial charge >= 0.3 is 0 Å². The van der Waals surface area contributed by atoms with Crippen molar-refractivity contribution in [2.75, 3.05) is 0 Å². The van der Waals surface area contributed by atoms with E-state index in [4.69, 9.17) is 18.0 Å². The highest BCUT2D eigenvalue weighted by Gasteiger charge is 2.06. The molecule has 98 valence electrons. The second kappa shape index (κ2) is 5.18. The molecule has 0 atom stereocenters. The lowest BCUT2D eigenvalue weighted by molar-refractivity contribution is 1.04. The van der Waals surface area contributed by atoms with Crippen LogP contribution < -0.4 is 11.2 Å². The second-order valence-electron chi connectivity index (χ2n) is 4.15. The Morgan fingerprint density at radius 2 is 2.00 bits per heavy atom. The number of benzene rings is 1. The molecule has 2 heterocycles. The van der Waals surface area contributed by atoms with Crippen LogP contribution in [0.15, 0.2) is 47.7 Å². The minimum Gasteiger partial charge on any atom is -0.375 e. The predicted molar refractivity (Wildman–Crippen MR) is 84.6 cm³/mol. The zero-order valence-corrected chi connectivity index (χ0v) is 11.3. The van der Waals surface area contributed by atoms with Gasteiger partial charge in [-0.25, -0.2) is 4.98 Å². The molecule has 0 aliphatic rings. The van der Waals surface area contributed by atoms with E-state index in [2.05, 4.69) is 20.5 Å². The first-order valence-electron chi connectivity index (χ1n) is 5.97. The van der Waals surface area contributed by atoms with Gasteiger partial charge in [0.15, 0.2) is 5.11 Å². The van der Waals surface area contributed by atoms with E-state index in [1.807, 2.05) is 36.4 Å². The first kappa shape index (κ1) is 12.4. The Morgan fingerprint density at radius 3 is 2.85 bits per heavy atom. The van der Waals surface area contributed by atoms with E-state index in [1.165, 1.54) is 0 Å². The number of para-hydroxylation sites is 1. The number of hydrogen-bond acceptors (Lipinski definition) is 4. The number of nitrogens with one attached hydrogen (secondary N) is 1. The van der Waals surface area contributed by atoms with Crippen molar-refractivity contribution in [2.24, 2.45) is 10.8 Å². The molecule has 0 aliphatic carbocycles. The van der Waals surface area contributed by atoms with Crippen molar-refractivity contribution in [2.45, 2.75) is 0 Å². The summed E-state index contributed by atoms with van der Waals surface area (Å²) < 4.78 is 0. The van der Waals surface area contributed by atoms with Crippen LogP contribution in [0.5, 0.6) is 0 Å². The zero-order valence-electron chi connectivity index (χ0n) is 10.4. The molecule has 5 nitrogen and oxygen atoms in total. The Bertz CT molecular complexity index is 828. The Kier molecular flexibility index (Phi) is 3.22. The number of fused-ring (bicyclic) bond motifs is 3. The molecule has 0 spiro atoms. The summed E-state index contributed by atoms with van der Waals surface area (Å²) in [4.78, 5) is 9.03. The van der Waals surface area contributed by atoms with E-state index in [0.29, 0.717) is 0 Å². The van der Waals surface area contributed by atoms with E-state index in [-0.39, 0.29) is 5.11 Å². The third-order valence-corrected chi connectivity index (χ3v) is 2.94. The van der Waals surface area contributed by atoms with Crippen LogP contribution in [0.3, 0.4) is 0 Å². The quantitative estimate of drug-likeness (QED) is 0.325. The van der Waals surface area contributed by atoms with Gasteiger partial charge in [0.05, 0.1) is 22.9 Å².